The van der Waals surface area contributed by atoms with Gasteiger partial charge >= 0.3 is 0 Å². The SMILES string of the molecule is C=CCN1C(=O)[C@H](CC(=O)Nc2ccc(F)cc2)N(CCc2ccc(Cl)cc2Cl)C1=S. The van der Waals surface area contributed by atoms with Crippen molar-refractivity contribution in [2.75, 3.05) is 18.4 Å². The Bertz CT molecular complexity index is 1020. The van der Waals surface area contributed by atoms with Crippen molar-refractivity contribution in [3.05, 3.63) is 76.5 Å². The molecular weight excluding hydrogens is 460 g/mol. The first-order valence-electron chi connectivity index (χ1n) is 9.52. The number of rotatable bonds is 8. The summed E-state index contributed by atoms with van der Waals surface area (Å²) in [5.74, 6) is -1.04. The molecule has 5 nitrogen and oxygen atoms in total. The smallest absolute Gasteiger partial charge is 0.252 e. The summed E-state index contributed by atoms with van der Waals surface area (Å²) in [5, 5.41) is 4.09. The standard InChI is InChI=1S/C22H20Cl2FN3O2S/c1-2-10-28-21(30)19(13-20(29)26-17-7-5-16(25)6-8-17)27(22(28)31)11-9-14-3-4-15(23)12-18(14)24/h2-8,12,19H,1,9-11,13H2,(H,26,29)/t19-/m0/s1. The highest BCUT2D eigenvalue weighted by Crippen LogP contribution is 2.25. The van der Waals surface area contributed by atoms with Crippen molar-refractivity contribution in [2.24, 2.45) is 0 Å². The maximum absolute atomic E-state index is 13.1. The molecule has 1 aliphatic heterocycles. The molecule has 0 saturated carbocycles. The van der Waals surface area contributed by atoms with Gasteiger partial charge in [0.15, 0.2) is 5.11 Å². The predicted octanol–water partition coefficient (Wildman–Crippen LogP) is 4.69. The lowest BCUT2D eigenvalue weighted by atomic mass is 10.1. The molecule has 162 valence electrons. The Hall–Kier alpha value is -2.48. The first-order valence-corrected chi connectivity index (χ1v) is 10.7. The van der Waals surface area contributed by atoms with Crippen LogP contribution in [0.3, 0.4) is 0 Å². The largest absolute Gasteiger partial charge is 0.336 e. The van der Waals surface area contributed by atoms with Crippen LogP contribution in [0.1, 0.15) is 12.0 Å². The summed E-state index contributed by atoms with van der Waals surface area (Å²) >= 11 is 17.7. The van der Waals surface area contributed by atoms with Crippen molar-refractivity contribution < 1.29 is 14.0 Å². The third kappa shape index (κ3) is 5.61. The number of thiocarbonyl (C=S) groups is 1. The molecule has 2 aromatic carbocycles. The molecule has 2 aromatic rings. The summed E-state index contributed by atoms with van der Waals surface area (Å²) in [7, 11) is 0. The highest BCUT2D eigenvalue weighted by Gasteiger charge is 2.42. The molecule has 1 fully saturated rings. The molecule has 3 rings (SSSR count). The van der Waals surface area contributed by atoms with Gasteiger partial charge in [0.2, 0.25) is 5.91 Å². The topological polar surface area (TPSA) is 52.7 Å². The number of halogens is 3. The van der Waals surface area contributed by atoms with Crippen molar-refractivity contribution in [2.45, 2.75) is 18.9 Å². The average Bonchev–Trinajstić information content (AvgIpc) is 2.93. The molecule has 0 aliphatic carbocycles. The number of hydrogen-bond donors (Lipinski definition) is 1. The maximum atomic E-state index is 13.1. The summed E-state index contributed by atoms with van der Waals surface area (Å²) < 4.78 is 13.1. The minimum atomic E-state index is -0.751. The molecule has 1 saturated heterocycles. The van der Waals surface area contributed by atoms with Gasteiger partial charge in [-0.25, -0.2) is 4.39 Å². The molecule has 1 heterocycles. The van der Waals surface area contributed by atoms with Crippen molar-refractivity contribution in [3.63, 3.8) is 0 Å². The summed E-state index contributed by atoms with van der Waals surface area (Å²) in [6.45, 7) is 4.32. The molecule has 0 bridgehead atoms. The Kier molecular flexibility index (Phi) is 7.64. The Labute approximate surface area is 195 Å². The van der Waals surface area contributed by atoms with Crippen LogP contribution in [0.15, 0.2) is 55.1 Å². The Morgan fingerprint density at radius 2 is 1.94 bits per heavy atom. The van der Waals surface area contributed by atoms with Gasteiger partial charge in [-0.15, -0.1) is 6.58 Å². The number of carbonyl (C=O) groups is 2. The van der Waals surface area contributed by atoms with Crippen LogP contribution >= 0.6 is 35.4 Å². The fourth-order valence-corrected chi connectivity index (χ4v) is 4.21. The molecule has 2 amide bonds. The van der Waals surface area contributed by atoms with Gasteiger partial charge < -0.3 is 10.2 Å². The summed E-state index contributed by atoms with van der Waals surface area (Å²) in [6, 6.07) is 9.88. The zero-order chi connectivity index (χ0) is 22.5. The molecule has 1 aliphatic rings. The summed E-state index contributed by atoms with van der Waals surface area (Å²) in [6.07, 6.45) is 2.00. The highest BCUT2D eigenvalue weighted by molar-refractivity contribution is 7.80. The highest BCUT2D eigenvalue weighted by atomic mass is 35.5. The molecule has 1 N–H and O–H groups in total. The van der Waals surface area contributed by atoms with Gasteiger partial charge in [0.05, 0.1) is 6.42 Å². The van der Waals surface area contributed by atoms with E-state index in [4.69, 9.17) is 35.4 Å². The van der Waals surface area contributed by atoms with Crippen molar-refractivity contribution in [1.29, 1.82) is 0 Å². The van der Waals surface area contributed by atoms with Crippen LogP contribution in [0.4, 0.5) is 10.1 Å². The second-order valence-electron chi connectivity index (χ2n) is 6.97. The minimum Gasteiger partial charge on any atom is -0.336 e. The maximum Gasteiger partial charge on any atom is 0.252 e. The molecule has 0 aromatic heterocycles. The third-order valence-electron chi connectivity index (χ3n) is 4.86. The van der Waals surface area contributed by atoms with Gasteiger partial charge in [-0.2, -0.15) is 0 Å². The fraction of sp³-hybridized carbons (Fsp3) is 0.227. The number of nitrogens with zero attached hydrogens (tertiary/aromatic N) is 2. The molecule has 0 spiro atoms. The lowest BCUT2D eigenvalue weighted by Crippen LogP contribution is -2.39. The molecule has 0 unspecified atom stereocenters. The van der Waals surface area contributed by atoms with Crippen LogP contribution in [0.25, 0.3) is 0 Å². The molecule has 0 radical (unpaired) electrons. The zero-order valence-electron chi connectivity index (χ0n) is 16.5. The lowest BCUT2D eigenvalue weighted by molar-refractivity contribution is -0.130. The van der Waals surface area contributed by atoms with E-state index < -0.39 is 11.9 Å². The summed E-state index contributed by atoms with van der Waals surface area (Å²) in [5.41, 5.74) is 1.31. The molecular formula is C22H20Cl2FN3O2S. The Morgan fingerprint density at radius 3 is 2.58 bits per heavy atom. The number of carbonyl (C=O) groups excluding carboxylic acids is 2. The second kappa shape index (κ2) is 10.2. The first-order chi connectivity index (χ1) is 14.8. The first kappa shape index (κ1) is 23.2. The van der Waals surface area contributed by atoms with Gasteiger partial charge in [-0.05, 0) is 60.6 Å². The van der Waals surface area contributed by atoms with Gasteiger partial charge in [-0.1, -0.05) is 35.3 Å². The van der Waals surface area contributed by atoms with E-state index in [2.05, 4.69) is 11.9 Å². The van der Waals surface area contributed by atoms with E-state index in [1.165, 1.54) is 29.2 Å². The zero-order valence-corrected chi connectivity index (χ0v) is 18.8. The summed E-state index contributed by atoms with van der Waals surface area (Å²) in [4.78, 5) is 28.7. The average molecular weight is 480 g/mol. The van der Waals surface area contributed by atoms with Crippen molar-refractivity contribution in [3.8, 4) is 0 Å². The van der Waals surface area contributed by atoms with Crippen LogP contribution in [0.2, 0.25) is 10.0 Å². The molecule has 9 heteroatoms. The van der Waals surface area contributed by atoms with Gasteiger partial charge in [0.25, 0.3) is 5.91 Å². The monoisotopic (exact) mass is 479 g/mol. The van der Waals surface area contributed by atoms with Crippen molar-refractivity contribution in [1.82, 2.24) is 9.80 Å². The van der Waals surface area contributed by atoms with Crippen molar-refractivity contribution >= 4 is 58.0 Å². The normalized spacial score (nSPS) is 16.0. The number of amides is 2. The van der Waals surface area contributed by atoms with E-state index in [0.29, 0.717) is 33.8 Å². The number of anilines is 1. The van der Waals surface area contributed by atoms with Gasteiger partial charge in [0.1, 0.15) is 11.9 Å². The quantitative estimate of drug-likeness (QED) is 0.440. The number of nitrogens with one attached hydrogen (secondary N) is 1. The number of hydrogen-bond acceptors (Lipinski definition) is 3. The fourth-order valence-electron chi connectivity index (χ4n) is 3.33. The Balaban J connectivity index is 1.74. The third-order valence-corrected chi connectivity index (χ3v) is 5.90. The Morgan fingerprint density at radius 1 is 1.23 bits per heavy atom. The van der Waals surface area contributed by atoms with Crippen LogP contribution in [-0.2, 0) is 16.0 Å². The van der Waals surface area contributed by atoms with E-state index in [0.717, 1.165) is 5.56 Å². The van der Waals surface area contributed by atoms with Gasteiger partial charge in [-0.3, -0.25) is 14.5 Å². The van der Waals surface area contributed by atoms with Crippen LogP contribution < -0.4 is 5.32 Å². The van der Waals surface area contributed by atoms with E-state index in [1.807, 2.05) is 6.07 Å². The van der Waals surface area contributed by atoms with Gasteiger partial charge in [0, 0.05) is 28.8 Å². The van der Waals surface area contributed by atoms with Crippen LogP contribution in [0.5, 0.6) is 0 Å². The predicted molar refractivity (Wildman–Crippen MR) is 125 cm³/mol. The van der Waals surface area contributed by atoms with E-state index in [9.17, 15) is 14.0 Å². The minimum absolute atomic E-state index is 0.0989. The lowest BCUT2D eigenvalue weighted by Gasteiger charge is -2.24. The van der Waals surface area contributed by atoms with Crippen LogP contribution in [0, 0.1) is 5.82 Å². The van der Waals surface area contributed by atoms with E-state index in [-0.39, 0.29) is 24.8 Å². The van der Waals surface area contributed by atoms with E-state index in [1.54, 1.807) is 23.1 Å². The van der Waals surface area contributed by atoms with Crippen LogP contribution in [-0.4, -0.2) is 45.9 Å². The second-order valence-corrected chi connectivity index (χ2v) is 8.18. The molecule has 31 heavy (non-hydrogen) atoms. The molecule has 1 atom stereocenters. The van der Waals surface area contributed by atoms with E-state index >= 15 is 0 Å². The number of benzene rings is 2.